The molecule has 0 radical (unpaired) electrons. The van der Waals surface area contributed by atoms with Gasteiger partial charge in [-0.25, -0.2) is 4.98 Å². The van der Waals surface area contributed by atoms with E-state index in [9.17, 15) is 4.79 Å². The number of nitrogens with one attached hydrogen (secondary N) is 2. The predicted octanol–water partition coefficient (Wildman–Crippen LogP) is 4.70. The molecule has 0 atom stereocenters. The minimum atomic E-state index is -0.147. The third-order valence-electron chi connectivity index (χ3n) is 3.19. The van der Waals surface area contributed by atoms with Gasteiger partial charge in [0, 0.05) is 16.6 Å². The number of carbonyl (C=O) groups is 1. The van der Waals surface area contributed by atoms with Crippen molar-refractivity contribution in [2.24, 2.45) is 0 Å². The zero-order valence-corrected chi connectivity index (χ0v) is 14.2. The van der Waals surface area contributed by atoms with Crippen LogP contribution in [-0.4, -0.2) is 17.4 Å². The van der Waals surface area contributed by atoms with Crippen molar-refractivity contribution in [1.29, 1.82) is 0 Å². The van der Waals surface area contributed by atoms with Gasteiger partial charge in [0.2, 0.25) is 0 Å². The largest absolute Gasteiger partial charge is 0.370 e. The summed E-state index contributed by atoms with van der Waals surface area (Å²) in [5, 5.41) is 6.11. The highest BCUT2D eigenvalue weighted by Crippen LogP contribution is 2.15. The number of aromatic nitrogens is 1. The summed E-state index contributed by atoms with van der Waals surface area (Å²) < 4.78 is 0.880. The van der Waals surface area contributed by atoms with E-state index in [0.717, 1.165) is 23.3 Å². The van der Waals surface area contributed by atoms with E-state index >= 15 is 0 Å². The van der Waals surface area contributed by atoms with Gasteiger partial charge in [-0.15, -0.1) is 0 Å². The summed E-state index contributed by atoms with van der Waals surface area (Å²) >= 11 is 3.36. The van der Waals surface area contributed by atoms with E-state index in [1.54, 1.807) is 18.3 Å². The van der Waals surface area contributed by atoms with Gasteiger partial charge in [0.05, 0.1) is 11.9 Å². The van der Waals surface area contributed by atoms with Gasteiger partial charge in [-0.1, -0.05) is 41.8 Å². The maximum absolute atomic E-state index is 12.1. The van der Waals surface area contributed by atoms with Crippen molar-refractivity contribution >= 4 is 33.3 Å². The molecule has 1 heterocycles. The highest BCUT2D eigenvalue weighted by atomic mass is 79.9. The van der Waals surface area contributed by atoms with Gasteiger partial charge in [0.1, 0.15) is 5.82 Å². The van der Waals surface area contributed by atoms with Crippen LogP contribution in [0.5, 0.6) is 0 Å². The Kier molecular flexibility index (Phi) is 6.40. The molecule has 0 aliphatic rings. The van der Waals surface area contributed by atoms with Gasteiger partial charge in [-0.05, 0) is 36.8 Å². The number of unbranched alkanes of at least 4 members (excludes halogenated alkanes) is 2. The number of amides is 1. The molecule has 2 N–H and O–H groups in total. The molecule has 0 bridgehead atoms. The molecule has 1 amide bonds. The number of hydrogen-bond acceptors (Lipinski definition) is 3. The lowest BCUT2D eigenvalue weighted by molar-refractivity contribution is 0.102. The van der Waals surface area contributed by atoms with Gasteiger partial charge in [0.25, 0.3) is 5.91 Å². The van der Waals surface area contributed by atoms with E-state index in [-0.39, 0.29) is 5.91 Å². The van der Waals surface area contributed by atoms with E-state index in [4.69, 9.17) is 0 Å². The summed E-state index contributed by atoms with van der Waals surface area (Å²) in [4.78, 5) is 16.4. The molecule has 2 rings (SSSR count). The fourth-order valence-corrected chi connectivity index (χ4v) is 2.40. The SMILES string of the molecule is CCCCCNc1ccc(NC(=O)c2cccc(Br)c2)cn1. The molecule has 4 nitrogen and oxygen atoms in total. The first-order chi connectivity index (χ1) is 10.7. The fourth-order valence-electron chi connectivity index (χ4n) is 2.00. The first-order valence-electron chi connectivity index (χ1n) is 7.46. The summed E-state index contributed by atoms with van der Waals surface area (Å²) in [6, 6.07) is 11.0. The third kappa shape index (κ3) is 5.15. The van der Waals surface area contributed by atoms with Crippen LogP contribution in [0.4, 0.5) is 11.5 Å². The van der Waals surface area contributed by atoms with E-state index < -0.39 is 0 Å². The topological polar surface area (TPSA) is 54.0 Å². The van der Waals surface area contributed by atoms with Crippen molar-refractivity contribution in [3.63, 3.8) is 0 Å². The summed E-state index contributed by atoms with van der Waals surface area (Å²) in [6.07, 6.45) is 5.22. The minimum Gasteiger partial charge on any atom is -0.370 e. The molecular weight excluding hydrogens is 342 g/mol. The van der Waals surface area contributed by atoms with Crippen molar-refractivity contribution < 1.29 is 4.79 Å². The highest BCUT2D eigenvalue weighted by Gasteiger charge is 2.06. The Hall–Kier alpha value is -1.88. The van der Waals surface area contributed by atoms with Crippen LogP contribution in [0.1, 0.15) is 36.5 Å². The third-order valence-corrected chi connectivity index (χ3v) is 3.69. The van der Waals surface area contributed by atoms with Gasteiger partial charge >= 0.3 is 0 Å². The van der Waals surface area contributed by atoms with Crippen molar-refractivity contribution in [3.8, 4) is 0 Å². The number of anilines is 2. The van der Waals surface area contributed by atoms with Gasteiger partial charge in [0.15, 0.2) is 0 Å². The molecule has 22 heavy (non-hydrogen) atoms. The van der Waals surface area contributed by atoms with Crippen LogP contribution < -0.4 is 10.6 Å². The Morgan fingerprint density at radius 3 is 2.77 bits per heavy atom. The molecule has 116 valence electrons. The first-order valence-corrected chi connectivity index (χ1v) is 8.25. The Bertz CT molecular complexity index is 614. The second kappa shape index (κ2) is 8.54. The average Bonchev–Trinajstić information content (AvgIpc) is 2.53. The fraction of sp³-hybridized carbons (Fsp3) is 0.294. The van der Waals surface area contributed by atoms with Crippen LogP contribution in [0.3, 0.4) is 0 Å². The molecule has 1 aromatic heterocycles. The lowest BCUT2D eigenvalue weighted by Gasteiger charge is -2.08. The van der Waals surface area contributed by atoms with Gasteiger partial charge in [-0.2, -0.15) is 0 Å². The van der Waals surface area contributed by atoms with Gasteiger partial charge in [-0.3, -0.25) is 4.79 Å². The van der Waals surface area contributed by atoms with Gasteiger partial charge < -0.3 is 10.6 Å². The van der Waals surface area contributed by atoms with Crippen molar-refractivity contribution in [2.45, 2.75) is 26.2 Å². The minimum absolute atomic E-state index is 0.147. The molecule has 0 saturated heterocycles. The Labute approximate surface area is 139 Å². The molecule has 5 heteroatoms. The molecular formula is C17H20BrN3O. The zero-order valence-electron chi connectivity index (χ0n) is 12.6. The number of benzene rings is 1. The van der Waals surface area contributed by atoms with E-state index in [2.05, 4.69) is 38.5 Å². The quantitative estimate of drug-likeness (QED) is 0.702. The highest BCUT2D eigenvalue weighted by molar-refractivity contribution is 9.10. The number of hydrogen-bond donors (Lipinski definition) is 2. The second-order valence-corrected chi connectivity index (χ2v) is 5.95. The van der Waals surface area contributed by atoms with Crippen LogP contribution in [0.25, 0.3) is 0 Å². The van der Waals surface area contributed by atoms with Crippen LogP contribution in [-0.2, 0) is 0 Å². The van der Waals surface area contributed by atoms with E-state index in [1.807, 2.05) is 24.3 Å². The average molecular weight is 362 g/mol. The Morgan fingerprint density at radius 2 is 2.09 bits per heavy atom. The lowest BCUT2D eigenvalue weighted by Crippen LogP contribution is -2.12. The molecule has 0 aliphatic heterocycles. The van der Waals surface area contributed by atoms with Crippen molar-refractivity contribution in [2.75, 3.05) is 17.2 Å². The smallest absolute Gasteiger partial charge is 0.255 e. The summed E-state index contributed by atoms with van der Waals surface area (Å²) in [7, 11) is 0. The lowest BCUT2D eigenvalue weighted by atomic mass is 10.2. The summed E-state index contributed by atoms with van der Waals surface area (Å²) in [5.41, 5.74) is 1.29. The number of carbonyl (C=O) groups excluding carboxylic acids is 1. The number of pyridine rings is 1. The molecule has 1 aromatic carbocycles. The number of halogens is 1. The van der Waals surface area contributed by atoms with Crippen LogP contribution in [0, 0.1) is 0 Å². The molecule has 0 unspecified atom stereocenters. The zero-order chi connectivity index (χ0) is 15.8. The van der Waals surface area contributed by atoms with Crippen LogP contribution in [0.15, 0.2) is 47.1 Å². The predicted molar refractivity (Wildman–Crippen MR) is 94.3 cm³/mol. The molecule has 0 fully saturated rings. The second-order valence-electron chi connectivity index (χ2n) is 5.03. The molecule has 0 saturated carbocycles. The summed E-state index contributed by atoms with van der Waals surface area (Å²) in [5.74, 6) is 0.684. The summed E-state index contributed by atoms with van der Waals surface area (Å²) in [6.45, 7) is 3.10. The van der Waals surface area contributed by atoms with Crippen LogP contribution in [0.2, 0.25) is 0 Å². The first kappa shape index (κ1) is 16.5. The maximum Gasteiger partial charge on any atom is 0.255 e. The Balaban J connectivity index is 1.89. The standard InChI is InChI=1S/C17H20BrN3O/c1-2-3-4-10-19-16-9-8-15(12-20-16)21-17(22)13-6-5-7-14(18)11-13/h5-9,11-12H,2-4,10H2,1H3,(H,19,20)(H,21,22). The van der Waals surface area contributed by atoms with E-state index in [0.29, 0.717) is 11.3 Å². The van der Waals surface area contributed by atoms with Crippen molar-refractivity contribution in [3.05, 3.63) is 52.6 Å². The molecule has 2 aromatic rings. The van der Waals surface area contributed by atoms with Crippen molar-refractivity contribution in [1.82, 2.24) is 4.98 Å². The number of rotatable bonds is 7. The molecule has 0 spiro atoms. The Morgan fingerprint density at radius 1 is 1.23 bits per heavy atom. The van der Waals surface area contributed by atoms with E-state index in [1.165, 1.54) is 12.8 Å². The monoisotopic (exact) mass is 361 g/mol. The molecule has 0 aliphatic carbocycles. The maximum atomic E-state index is 12.1. The van der Waals surface area contributed by atoms with Crippen LogP contribution >= 0.6 is 15.9 Å². The normalized spacial score (nSPS) is 10.3. The number of nitrogens with zero attached hydrogens (tertiary/aromatic N) is 1.